The number of hydrogen-bond donors (Lipinski definition) is 1. The number of benzene rings is 3. The first kappa shape index (κ1) is 25.6. The van der Waals surface area contributed by atoms with E-state index in [1.807, 2.05) is 80.6 Å². The Morgan fingerprint density at radius 3 is 2.06 bits per heavy atom. The fourth-order valence-electron chi connectivity index (χ4n) is 3.92. The van der Waals surface area contributed by atoms with Gasteiger partial charge in [0.15, 0.2) is 0 Å². The molecule has 178 valence electrons. The van der Waals surface area contributed by atoms with Crippen molar-refractivity contribution in [2.24, 2.45) is 0 Å². The zero-order valence-corrected chi connectivity index (χ0v) is 21.1. The molecule has 0 aliphatic rings. The Bertz CT molecular complexity index is 1080. The van der Waals surface area contributed by atoms with E-state index in [2.05, 4.69) is 24.4 Å². The van der Waals surface area contributed by atoms with Gasteiger partial charge in [-0.15, -0.1) is 11.8 Å². The zero-order valence-electron chi connectivity index (χ0n) is 20.3. The fourth-order valence-corrected chi connectivity index (χ4v) is 4.91. The van der Waals surface area contributed by atoms with Crippen LogP contribution in [0.3, 0.4) is 0 Å². The van der Waals surface area contributed by atoms with Crippen LogP contribution in [0.5, 0.6) is 0 Å². The highest BCUT2D eigenvalue weighted by Crippen LogP contribution is 2.20. The molecule has 5 heteroatoms. The highest BCUT2D eigenvalue weighted by atomic mass is 32.2. The van der Waals surface area contributed by atoms with E-state index < -0.39 is 6.04 Å². The largest absolute Gasteiger partial charge is 0.355 e. The SMILES string of the molecule is CCNC(=O)C(Cc1ccccc1)N(Cc1ccccc1C)C(=O)CSCc1ccccc1C. The molecule has 0 bridgehead atoms. The standard InChI is InChI=1S/C29H34N2O2S/c1-4-30-29(33)27(18-24-14-6-5-7-15-24)31(19-25-16-10-8-12-22(25)2)28(32)21-34-20-26-17-11-9-13-23(26)3/h5-17,27H,4,18-21H2,1-3H3,(H,30,33). The molecule has 0 radical (unpaired) electrons. The summed E-state index contributed by atoms with van der Waals surface area (Å²) in [6.07, 6.45) is 0.479. The van der Waals surface area contributed by atoms with Crippen molar-refractivity contribution in [3.8, 4) is 0 Å². The molecule has 2 amide bonds. The van der Waals surface area contributed by atoms with Gasteiger partial charge in [-0.2, -0.15) is 0 Å². The summed E-state index contributed by atoms with van der Waals surface area (Å²) in [6.45, 7) is 6.98. The molecule has 0 heterocycles. The molecule has 0 aliphatic carbocycles. The fraction of sp³-hybridized carbons (Fsp3) is 0.310. The topological polar surface area (TPSA) is 49.4 Å². The van der Waals surface area contributed by atoms with Gasteiger partial charge in [0, 0.05) is 25.3 Å². The number of carbonyl (C=O) groups excluding carboxylic acids is 2. The van der Waals surface area contributed by atoms with Crippen molar-refractivity contribution in [3.63, 3.8) is 0 Å². The number of hydrogen-bond acceptors (Lipinski definition) is 3. The van der Waals surface area contributed by atoms with Crippen LogP contribution in [0.2, 0.25) is 0 Å². The van der Waals surface area contributed by atoms with E-state index in [4.69, 9.17) is 0 Å². The Balaban J connectivity index is 1.84. The number of aryl methyl sites for hydroxylation is 2. The summed E-state index contributed by atoms with van der Waals surface area (Å²) in [5.41, 5.74) is 5.66. The van der Waals surface area contributed by atoms with Crippen LogP contribution in [-0.2, 0) is 28.3 Å². The normalized spacial score (nSPS) is 11.6. The minimum atomic E-state index is -0.575. The molecule has 3 aromatic rings. The summed E-state index contributed by atoms with van der Waals surface area (Å²) >= 11 is 1.60. The van der Waals surface area contributed by atoms with Crippen molar-refractivity contribution < 1.29 is 9.59 Å². The van der Waals surface area contributed by atoms with Gasteiger partial charge in [0.1, 0.15) is 6.04 Å². The highest BCUT2D eigenvalue weighted by molar-refractivity contribution is 7.99. The molecule has 0 spiro atoms. The van der Waals surface area contributed by atoms with Crippen LogP contribution in [0, 0.1) is 13.8 Å². The Morgan fingerprint density at radius 2 is 1.44 bits per heavy atom. The summed E-state index contributed by atoms with van der Waals surface area (Å²) in [7, 11) is 0. The van der Waals surface area contributed by atoms with E-state index in [9.17, 15) is 9.59 Å². The summed E-state index contributed by atoms with van der Waals surface area (Å²) in [6, 6.07) is 25.6. The average molecular weight is 475 g/mol. The first-order chi connectivity index (χ1) is 16.5. The monoisotopic (exact) mass is 474 g/mol. The quantitative estimate of drug-likeness (QED) is 0.410. The molecule has 0 fully saturated rings. The van der Waals surface area contributed by atoms with Crippen LogP contribution in [0.15, 0.2) is 78.9 Å². The van der Waals surface area contributed by atoms with Crippen molar-refractivity contribution >= 4 is 23.6 Å². The minimum Gasteiger partial charge on any atom is -0.355 e. The molecule has 4 nitrogen and oxygen atoms in total. The van der Waals surface area contributed by atoms with E-state index in [0.29, 0.717) is 25.3 Å². The van der Waals surface area contributed by atoms with E-state index >= 15 is 0 Å². The Labute approximate surface area is 207 Å². The van der Waals surface area contributed by atoms with E-state index in [1.165, 1.54) is 11.1 Å². The summed E-state index contributed by atoms with van der Waals surface area (Å²) in [5, 5.41) is 2.95. The lowest BCUT2D eigenvalue weighted by Crippen LogP contribution is -2.51. The van der Waals surface area contributed by atoms with Crippen LogP contribution >= 0.6 is 11.8 Å². The third-order valence-corrected chi connectivity index (χ3v) is 6.93. The zero-order chi connectivity index (χ0) is 24.3. The molecule has 1 atom stereocenters. The molecule has 0 aromatic heterocycles. The third-order valence-electron chi connectivity index (χ3n) is 5.97. The maximum Gasteiger partial charge on any atom is 0.243 e. The van der Waals surface area contributed by atoms with Crippen LogP contribution in [0.4, 0.5) is 0 Å². The van der Waals surface area contributed by atoms with Gasteiger partial charge in [0.25, 0.3) is 0 Å². The first-order valence-electron chi connectivity index (χ1n) is 11.8. The number of thioether (sulfide) groups is 1. The molecule has 0 aliphatic heterocycles. The Morgan fingerprint density at radius 1 is 0.853 bits per heavy atom. The summed E-state index contributed by atoms with van der Waals surface area (Å²) in [4.78, 5) is 28.6. The second-order valence-corrected chi connectivity index (χ2v) is 9.45. The number of amides is 2. The van der Waals surface area contributed by atoms with Gasteiger partial charge in [-0.05, 0) is 48.6 Å². The molecule has 0 saturated carbocycles. The van der Waals surface area contributed by atoms with Crippen LogP contribution in [0.1, 0.15) is 34.7 Å². The molecule has 1 N–H and O–H groups in total. The average Bonchev–Trinajstić information content (AvgIpc) is 2.84. The predicted molar refractivity (Wildman–Crippen MR) is 142 cm³/mol. The number of nitrogens with zero attached hydrogens (tertiary/aromatic N) is 1. The van der Waals surface area contributed by atoms with Crippen molar-refractivity contribution in [2.75, 3.05) is 12.3 Å². The van der Waals surface area contributed by atoms with E-state index in [0.717, 1.165) is 22.4 Å². The van der Waals surface area contributed by atoms with Gasteiger partial charge < -0.3 is 10.2 Å². The lowest BCUT2D eigenvalue weighted by atomic mass is 10.0. The summed E-state index contributed by atoms with van der Waals surface area (Å²) in [5.74, 6) is 0.956. The van der Waals surface area contributed by atoms with E-state index in [-0.39, 0.29) is 11.8 Å². The van der Waals surface area contributed by atoms with Crippen molar-refractivity contribution in [2.45, 2.75) is 45.5 Å². The molecule has 34 heavy (non-hydrogen) atoms. The van der Waals surface area contributed by atoms with Crippen molar-refractivity contribution in [3.05, 3.63) is 107 Å². The molecule has 1 unspecified atom stereocenters. The highest BCUT2D eigenvalue weighted by Gasteiger charge is 2.30. The smallest absolute Gasteiger partial charge is 0.243 e. The van der Waals surface area contributed by atoms with Gasteiger partial charge in [0.2, 0.25) is 11.8 Å². The molecule has 3 rings (SSSR count). The van der Waals surface area contributed by atoms with Crippen LogP contribution < -0.4 is 5.32 Å². The molecule has 0 saturated heterocycles. The second kappa shape index (κ2) is 13.0. The Kier molecular flexibility index (Phi) is 9.77. The molecular formula is C29H34N2O2S. The van der Waals surface area contributed by atoms with Gasteiger partial charge in [-0.1, -0.05) is 78.9 Å². The van der Waals surface area contributed by atoms with Gasteiger partial charge >= 0.3 is 0 Å². The first-order valence-corrected chi connectivity index (χ1v) is 12.9. The van der Waals surface area contributed by atoms with Crippen molar-refractivity contribution in [1.82, 2.24) is 10.2 Å². The number of rotatable bonds is 11. The molecular weight excluding hydrogens is 440 g/mol. The van der Waals surface area contributed by atoms with E-state index in [1.54, 1.807) is 16.7 Å². The predicted octanol–water partition coefficient (Wildman–Crippen LogP) is 5.31. The van der Waals surface area contributed by atoms with Gasteiger partial charge in [-0.3, -0.25) is 9.59 Å². The molecule has 3 aromatic carbocycles. The lowest BCUT2D eigenvalue weighted by molar-refractivity contribution is -0.139. The van der Waals surface area contributed by atoms with Crippen LogP contribution in [0.25, 0.3) is 0 Å². The third kappa shape index (κ3) is 7.22. The summed E-state index contributed by atoms with van der Waals surface area (Å²) < 4.78 is 0. The Hall–Kier alpha value is -3.05. The van der Waals surface area contributed by atoms with Gasteiger partial charge in [0.05, 0.1) is 5.75 Å². The maximum absolute atomic E-state index is 13.6. The van der Waals surface area contributed by atoms with Gasteiger partial charge in [-0.25, -0.2) is 0 Å². The number of nitrogens with one attached hydrogen (secondary N) is 1. The number of carbonyl (C=O) groups is 2. The minimum absolute atomic E-state index is 0.0194. The second-order valence-electron chi connectivity index (χ2n) is 8.47. The van der Waals surface area contributed by atoms with Crippen LogP contribution in [-0.4, -0.2) is 35.1 Å². The maximum atomic E-state index is 13.6. The number of likely N-dealkylation sites (N-methyl/N-ethyl adjacent to an activating group) is 1. The lowest BCUT2D eigenvalue weighted by Gasteiger charge is -2.32. The van der Waals surface area contributed by atoms with Crippen molar-refractivity contribution in [1.29, 1.82) is 0 Å².